The number of ether oxygens (including phenoxy) is 2. The summed E-state index contributed by atoms with van der Waals surface area (Å²) in [6, 6.07) is 22.1. The van der Waals surface area contributed by atoms with Gasteiger partial charge in [0.2, 0.25) is 0 Å². The first-order valence-electron chi connectivity index (χ1n) is 11.6. The van der Waals surface area contributed by atoms with Crippen molar-refractivity contribution in [2.75, 3.05) is 17.6 Å². The number of aromatic hydroxyl groups is 1. The molecule has 0 aliphatic carbocycles. The highest BCUT2D eigenvalue weighted by Crippen LogP contribution is 2.40. The van der Waals surface area contributed by atoms with Gasteiger partial charge in [0.1, 0.15) is 5.75 Å². The number of phenolic OH excluding ortho intramolecular Hbond substituents is 1. The molecule has 0 spiro atoms. The molecule has 0 saturated carbocycles. The Kier molecular flexibility index (Phi) is 8.65. The van der Waals surface area contributed by atoms with Gasteiger partial charge in [-0.3, -0.25) is 0 Å². The average molecular weight is 495 g/mol. The van der Waals surface area contributed by atoms with E-state index in [9.17, 15) is 15.0 Å². The highest BCUT2D eigenvalue weighted by atomic mass is 32.2. The van der Waals surface area contributed by atoms with Crippen LogP contribution in [0.15, 0.2) is 77.7 Å². The maximum Gasteiger partial charge on any atom is 0.319 e. The molecule has 7 nitrogen and oxygen atoms in total. The minimum atomic E-state index is -0.604. The number of thioether (sulfide) groups is 1. The number of rotatable bonds is 8. The number of nitrogens with one attached hydrogen (secondary N) is 2. The highest BCUT2D eigenvalue weighted by molar-refractivity contribution is 7.99. The average Bonchev–Trinajstić information content (AvgIpc) is 2.88. The fourth-order valence-electron chi connectivity index (χ4n) is 3.85. The van der Waals surface area contributed by atoms with Crippen LogP contribution >= 0.6 is 11.8 Å². The van der Waals surface area contributed by atoms with Crippen molar-refractivity contribution >= 4 is 23.5 Å². The highest BCUT2D eigenvalue weighted by Gasteiger charge is 2.32. The summed E-state index contributed by atoms with van der Waals surface area (Å²) in [5, 5.41) is 24.5. The third kappa shape index (κ3) is 6.99. The minimum Gasteiger partial charge on any atom is -0.508 e. The van der Waals surface area contributed by atoms with Gasteiger partial charge >= 0.3 is 6.03 Å². The summed E-state index contributed by atoms with van der Waals surface area (Å²) in [4.78, 5) is 13.0. The van der Waals surface area contributed by atoms with Crippen LogP contribution < -0.4 is 10.6 Å². The topological polar surface area (TPSA) is 100 Å². The summed E-state index contributed by atoms with van der Waals surface area (Å²) in [5.41, 5.74) is 3.34. The Morgan fingerprint density at radius 1 is 1.03 bits per heavy atom. The van der Waals surface area contributed by atoms with E-state index in [1.807, 2.05) is 67.6 Å². The normalized spacial score (nSPS) is 19.8. The Balaban J connectivity index is 1.53. The van der Waals surface area contributed by atoms with Gasteiger partial charge in [0.25, 0.3) is 0 Å². The van der Waals surface area contributed by atoms with Gasteiger partial charge in [-0.15, -0.1) is 11.8 Å². The number of benzene rings is 3. The first-order valence-corrected chi connectivity index (χ1v) is 12.6. The molecule has 35 heavy (non-hydrogen) atoms. The van der Waals surface area contributed by atoms with E-state index in [4.69, 9.17) is 9.47 Å². The van der Waals surface area contributed by atoms with Gasteiger partial charge in [-0.1, -0.05) is 36.4 Å². The molecular weight excluding hydrogens is 464 g/mol. The lowest BCUT2D eigenvalue weighted by atomic mass is 10.0. The number of phenols is 1. The van der Waals surface area contributed by atoms with E-state index < -0.39 is 6.29 Å². The SMILES string of the molecule is CCNC(=O)Nc1cccc(C2O[C@H](CSc3ccc(O)cc3)C[C@H](c3ccc(CO)cc3)O2)c1. The van der Waals surface area contributed by atoms with Crippen molar-refractivity contribution in [3.63, 3.8) is 0 Å². The third-order valence-electron chi connectivity index (χ3n) is 5.64. The van der Waals surface area contributed by atoms with Crippen molar-refractivity contribution in [3.05, 3.63) is 89.5 Å². The number of carbonyl (C=O) groups is 1. The zero-order valence-electron chi connectivity index (χ0n) is 19.5. The quantitative estimate of drug-likeness (QED) is 0.315. The molecule has 184 valence electrons. The first-order chi connectivity index (χ1) is 17.0. The van der Waals surface area contributed by atoms with E-state index in [1.165, 1.54) is 0 Å². The van der Waals surface area contributed by atoms with E-state index >= 15 is 0 Å². The molecule has 4 N–H and O–H groups in total. The van der Waals surface area contributed by atoms with E-state index in [0.717, 1.165) is 21.6 Å². The van der Waals surface area contributed by atoms with E-state index in [-0.39, 0.29) is 30.6 Å². The van der Waals surface area contributed by atoms with Crippen molar-refractivity contribution < 1.29 is 24.5 Å². The van der Waals surface area contributed by atoms with Crippen molar-refractivity contribution in [2.24, 2.45) is 0 Å². The molecular formula is C27H30N2O5S. The molecule has 2 amide bonds. The lowest BCUT2D eigenvalue weighted by molar-refractivity contribution is -0.245. The van der Waals surface area contributed by atoms with Crippen LogP contribution in [-0.2, 0) is 16.1 Å². The van der Waals surface area contributed by atoms with Crippen molar-refractivity contribution in [1.82, 2.24) is 5.32 Å². The zero-order valence-corrected chi connectivity index (χ0v) is 20.3. The minimum absolute atomic E-state index is 0.00512. The number of amides is 2. The summed E-state index contributed by atoms with van der Waals surface area (Å²) in [6.07, 6.45) is -0.202. The summed E-state index contributed by atoms with van der Waals surface area (Å²) in [6.45, 7) is 2.40. The van der Waals surface area contributed by atoms with Crippen LogP contribution in [0.2, 0.25) is 0 Å². The second-order valence-electron chi connectivity index (χ2n) is 8.26. The van der Waals surface area contributed by atoms with Crippen molar-refractivity contribution in [1.29, 1.82) is 0 Å². The molecule has 0 bridgehead atoms. The van der Waals surface area contributed by atoms with Crippen LogP contribution in [0.5, 0.6) is 5.75 Å². The second kappa shape index (κ2) is 12.1. The number of carbonyl (C=O) groups excluding carboxylic acids is 1. The van der Waals surface area contributed by atoms with Crippen LogP contribution in [0, 0.1) is 0 Å². The van der Waals surface area contributed by atoms with E-state index in [0.29, 0.717) is 24.4 Å². The lowest BCUT2D eigenvalue weighted by Crippen LogP contribution is -2.31. The predicted molar refractivity (Wildman–Crippen MR) is 136 cm³/mol. The smallest absolute Gasteiger partial charge is 0.319 e. The standard InChI is InChI=1S/C27H30N2O5S/c1-2-28-27(32)29-21-5-3-4-20(14-21)26-33-23(17-35-24-12-10-22(31)11-13-24)15-25(34-26)19-8-6-18(16-30)7-9-19/h3-14,23,25-26,30-31H,2,15-17H2,1H3,(H2,28,29,32)/t23-,25+,26?/m0/s1. The van der Waals surface area contributed by atoms with Crippen LogP contribution in [0.4, 0.5) is 10.5 Å². The molecule has 8 heteroatoms. The Morgan fingerprint density at radius 2 is 1.80 bits per heavy atom. The molecule has 1 aliphatic rings. The summed E-state index contributed by atoms with van der Waals surface area (Å²) in [5.74, 6) is 0.955. The molecule has 0 radical (unpaired) electrons. The predicted octanol–water partition coefficient (Wildman–Crippen LogP) is 5.36. The number of hydrogen-bond donors (Lipinski definition) is 4. The molecule has 3 aromatic carbocycles. The molecule has 1 aliphatic heterocycles. The zero-order chi connectivity index (χ0) is 24.6. The Bertz CT molecular complexity index is 1110. The number of aliphatic hydroxyl groups is 1. The summed E-state index contributed by atoms with van der Waals surface area (Å²) in [7, 11) is 0. The van der Waals surface area contributed by atoms with Crippen molar-refractivity contribution in [2.45, 2.75) is 43.3 Å². The van der Waals surface area contributed by atoms with Crippen LogP contribution in [0.3, 0.4) is 0 Å². The van der Waals surface area contributed by atoms with Gasteiger partial charge in [-0.05, 0) is 54.4 Å². The maximum absolute atomic E-state index is 12.0. The number of aliphatic hydroxyl groups excluding tert-OH is 1. The fourth-order valence-corrected chi connectivity index (χ4v) is 4.77. The number of hydrogen-bond acceptors (Lipinski definition) is 6. The fraction of sp³-hybridized carbons (Fsp3) is 0.296. The maximum atomic E-state index is 12.0. The largest absolute Gasteiger partial charge is 0.508 e. The Labute approximate surface area is 209 Å². The van der Waals surface area contributed by atoms with Gasteiger partial charge in [0.05, 0.1) is 18.8 Å². The molecule has 1 saturated heterocycles. The molecule has 3 aromatic rings. The van der Waals surface area contributed by atoms with Crippen LogP contribution in [0.25, 0.3) is 0 Å². The van der Waals surface area contributed by atoms with Crippen LogP contribution in [0.1, 0.15) is 42.4 Å². The van der Waals surface area contributed by atoms with E-state index in [1.54, 1.807) is 23.9 Å². The number of anilines is 1. The molecule has 4 rings (SSSR count). The first kappa shape index (κ1) is 25.1. The van der Waals surface area contributed by atoms with Gasteiger partial charge in [-0.25, -0.2) is 4.79 Å². The summed E-state index contributed by atoms with van der Waals surface area (Å²) < 4.78 is 12.7. The summed E-state index contributed by atoms with van der Waals surface area (Å²) >= 11 is 1.66. The van der Waals surface area contributed by atoms with Gasteiger partial charge in [0, 0.05) is 34.9 Å². The lowest BCUT2D eigenvalue weighted by Gasteiger charge is -2.36. The molecule has 1 unspecified atom stereocenters. The molecule has 1 heterocycles. The van der Waals surface area contributed by atoms with Gasteiger partial charge in [0.15, 0.2) is 6.29 Å². The van der Waals surface area contributed by atoms with Gasteiger partial charge < -0.3 is 30.3 Å². The third-order valence-corrected chi connectivity index (χ3v) is 6.79. The van der Waals surface area contributed by atoms with Crippen molar-refractivity contribution in [3.8, 4) is 5.75 Å². The number of urea groups is 1. The van der Waals surface area contributed by atoms with Gasteiger partial charge in [-0.2, -0.15) is 0 Å². The second-order valence-corrected chi connectivity index (χ2v) is 9.36. The van der Waals surface area contributed by atoms with Crippen LogP contribution in [-0.4, -0.2) is 34.6 Å². The molecule has 1 fully saturated rings. The van der Waals surface area contributed by atoms with E-state index in [2.05, 4.69) is 10.6 Å². The Morgan fingerprint density at radius 3 is 2.51 bits per heavy atom. The molecule has 3 atom stereocenters. The molecule has 0 aromatic heterocycles. The monoisotopic (exact) mass is 494 g/mol. The Hall–Kier alpha value is -3.04.